The van der Waals surface area contributed by atoms with Crippen molar-refractivity contribution in [1.29, 1.82) is 0 Å². The minimum absolute atomic E-state index is 0.0273. The third-order valence-electron chi connectivity index (χ3n) is 2.49. The highest BCUT2D eigenvalue weighted by molar-refractivity contribution is 5.95. The summed E-state index contributed by atoms with van der Waals surface area (Å²) >= 11 is 0. The number of methoxy groups -OCH3 is 1. The van der Waals surface area contributed by atoms with Gasteiger partial charge in [0.05, 0.1) is 18.4 Å². The van der Waals surface area contributed by atoms with Crippen LogP contribution in [0.4, 0.5) is 5.69 Å². The molecule has 0 spiro atoms. The Bertz CT molecular complexity index is 624. The van der Waals surface area contributed by atoms with E-state index < -0.39 is 5.97 Å². The quantitative estimate of drug-likeness (QED) is 0.829. The number of hydrogen-bond acceptors (Lipinski definition) is 5. The van der Waals surface area contributed by atoms with E-state index in [0.29, 0.717) is 5.75 Å². The molecule has 0 unspecified atom stereocenters. The Labute approximate surface area is 114 Å². The van der Waals surface area contributed by atoms with Gasteiger partial charge in [-0.3, -0.25) is 4.79 Å². The Balaban J connectivity index is 2.16. The van der Waals surface area contributed by atoms with E-state index in [1.54, 1.807) is 0 Å². The lowest BCUT2D eigenvalue weighted by Crippen LogP contribution is -2.19. The lowest BCUT2D eigenvalue weighted by Gasteiger charge is -2.10. The monoisotopic (exact) mass is 276 g/mol. The summed E-state index contributed by atoms with van der Waals surface area (Å²) in [7, 11) is 1.43. The van der Waals surface area contributed by atoms with Gasteiger partial charge < -0.3 is 15.2 Å². The normalized spacial score (nSPS) is 10.1. The van der Waals surface area contributed by atoms with Crippen LogP contribution in [0.1, 0.15) is 10.4 Å². The molecular formula is C12H12N4O4. The Morgan fingerprint density at radius 2 is 2.25 bits per heavy atom. The van der Waals surface area contributed by atoms with Gasteiger partial charge in [0.1, 0.15) is 24.9 Å². The van der Waals surface area contributed by atoms with Crippen LogP contribution in [0.3, 0.4) is 0 Å². The third-order valence-corrected chi connectivity index (χ3v) is 2.49. The standard InChI is InChI=1S/C12H12N4O4/c1-20-10-3-2-8(12(18)19)4-9(10)15-11(17)5-16-7-13-6-14-16/h2-4,6-7H,5H2,1H3,(H,15,17)(H,18,19). The number of hydrogen-bond donors (Lipinski definition) is 2. The lowest BCUT2D eigenvalue weighted by atomic mass is 10.2. The zero-order valence-corrected chi connectivity index (χ0v) is 10.6. The van der Waals surface area contributed by atoms with E-state index in [1.807, 2.05) is 0 Å². The predicted octanol–water partition coefficient (Wildman–Crippen LogP) is 0.624. The number of nitrogens with zero attached hydrogens (tertiary/aromatic N) is 3. The lowest BCUT2D eigenvalue weighted by molar-refractivity contribution is -0.116. The van der Waals surface area contributed by atoms with Crippen LogP contribution in [0.5, 0.6) is 5.75 Å². The summed E-state index contributed by atoms with van der Waals surface area (Å²) in [4.78, 5) is 26.5. The molecule has 0 saturated heterocycles. The van der Waals surface area contributed by atoms with Gasteiger partial charge in [0.15, 0.2) is 0 Å². The van der Waals surface area contributed by atoms with Crippen molar-refractivity contribution in [2.24, 2.45) is 0 Å². The van der Waals surface area contributed by atoms with E-state index in [1.165, 1.54) is 42.6 Å². The fraction of sp³-hybridized carbons (Fsp3) is 0.167. The average molecular weight is 276 g/mol. The number of aromatic nitrogens is 3. The molecule has 0 saturated carbocycles. The van der Waals surface area contributed by atoms with Gasteiger partial charge in [-0.1, -0.05) is 0 Å². The molecule has 2 rings (SSSR count). The van der Waals surface area contributed by atoms with E-state index in [-0.39, 0.29) is 23.7 Å². The number of carbonyl (C=O) groups is 2. The van der Waals surface area contributed by atoms with Crippen molar-refractivity contribution < 1.29 is 19.4 Å². The molecule has 2 N–H and O–H groups in total. The summed E-state index contributed by atoms with van der Waals surface area (Å²) in [6, 6.07) is 4.21. The zero-order chi connectivity index (χ0) is 14.5. The summed E-state index contributed by atoms with van der Waals surface area (Å²) in [5, 5.41) is 15.3. The van der Waals surface area contributed by atoms with Crippen LogP contribution in [-0.4, -0.2) is 38.9 Å². The molecular weight excluding hydrogens is 264 g/mol. The smallest absolute Gasteiger partial charge is 0.335 e. The topological polar surface area (TPSA) is 106 Å². The van der Waals surface area contributed by atoms with Gasteiger partial charge in [-0.2, -0.15) is 5.10 Å². The third kappa shape index (κ3) is 3.10. The first-order valence-electron chi connectivity index (χ1n) is 5.63. The summed E-state index contributed by atoms with van der Waals surface area (Å²) < 4.78 is 6.42. The molecule has 0 fully saturated rings. The van der Waals surface area contributed by atoms with Crippen LogP contribution in [-0.2, 0) is 11.3 Å². The van der Waals surface area contributed by atoms with Crippen LogP contribution >= 0.6 is 0 Å². The molecule has 1 amide bonds. The highest BCUT2D eigenvalue weighted by Crippen LogP contribution is 2.25. The minimum atomic E-state index is -1.08. The maximum absolute atomic E-state index is 11.8. The number of anilines is 1. The molecule has 0 aliphatic carbocycles. The molecule has 0 atom stereocenters. The van der Waals surface area contributed by atoms with Gasteiger partial charge in [0.2, 0.25) is 5.91 Å². The number of benzene rings is 1. The van der Waals surface area contributed by atoms with Gasteiger partial charge >= 0.3 is 5.97 Å². The molecule has 20 heavy (non-hydrogen) atoms. The van der Waals surface area contributed by atoms with Crippen molar-refractivity contribution >= 4 is 17.6 Å². The predicted molar refractivity (Wildman–Crippen MR) is 68.6 cm³/mol. The van der Waals surface area contributed by atoms with Crippen molar-refractivity contribution in [2.45, 2.75) is 6.54 Å². The second-order valence-corrected chi connectivity index (χ2v) is 3.86. The molecule has 0 bridgehead atoms. The highest BCUT2D eigenvalue weighted by Gasteiger charge is 2.12. The number of carbonyl (C=O) groups excluding carboxylic acids is 1. The highest BCUT2D eigenvalue weighted by atomic mass is 16.5. The van der Waals surface area contributed by atoms with E-state index in [9.17, 15) is 9.59 Å². The number of ether oxygens (including phenoxy) is 1. The summed E-state index contributed by atoms with van der Waals surface area (Å²) in [5.41, 5.74) is 0.347. The first kappa shape index (κ1) is 13.5. The fourth-order valence-electron chi connectivity index (χ4n) is 1.59. The molecule has 2 aromatic rings. The number of amides is 1. The molecule has 104 valence electrons. The molecule has 8 nitrogen and oxygen atoms in total. The SMILES string of the molecule is COc1ccc(C(=O)O)cc1NC(=O)Cn1cncn1. The molecule has 0 aliphatic heterocycles. The van der Waals surface area contributed by atoms with Crippen molar-refractivity contribution in [1.82, 2.24) is 14.8 Å². The van der Waals surface area contributed by atoms with Crippen molar-refractivity contribution in [3.63, 3.8) is 0 Å². The van der Waals surface area contributed by atoms with Gasteiger partial charge in [0.25, 0.3) is 0 Å². The molecule has 1 heterocycles. The number of nitrogens with one attached hydrogen (secondary N) is 1. The maximum Gasteiger partial charge on any atom is 0.335 e. The Kier molecular flexibility index (Phi) is 3.94. The summed E-state index contributed by atoms with van der Waals surface area (Å²) in [6.07, 6.45) is 2.73. The number of rotatable bonds is 5. The zero-order valence-electron chi connectivity index (χ0n) is 10.6. The van der Waals surface area contributed by atoms with E-state index in [4.69, 9.17) is 9.84 Å². The van der Waals surface area contributed by atoms with Crippen molar-refractivity contribution in [2.75, 3.05) is 12.4 Å². The first-order chi connectivity index (χ1) is 9.60. The van der Waals surface area contributed by atoms with E-state index in [2.05, 4.69) is 15.4 Å². The maximum atomic E-state index is 11.8. The van der Waals surface area contributed by atoms with Crippen molar-refractivity contribution in [3.8, 4) is 5.75 Å². The number of carboxylic acid groups (broad SMARTS) is 1. The van der Waals surface area contributed by atoms with Crippen LogP contribution < -0.4 is 10.1 Å². The molecule has 1 aromatic carbocycles. The molecule has 0 aliphatic rings. The van der Waals surface area contributed by atoms with Crippen LogP contribution in [0.15, 0.2) is 30.9 Å². The number of carboxylic acids is 1. The summed E-state index contributed by atoms with van der Waals surface area (Å²) in [6.45, 7) is -0.0273. The second-order valence-electron chi connectivity index (χ2n) is 3.86. The Morgan fingerprint density at radius 1 is 1.45 bits per heavy atom. The molecule has 1 aromatic heterocycles. The van der Waals surface area contributed by atoms with Crippen LogP contribution in [0.25, 0.3) is 0 Å². The van der Waals surface area contributed by atoms with E-state index in [0.717, 1.165) is 0 Å². The molecule has 0 radical (unpaired) electrons. The van der Waals surface area contributed by atoms with Gasteiger partial charge in [-0.05, 0) is 18.2 Å². The molecule has 8 heteroatoms. The van der Waals surface area contributed by atoms with Gasteiger partial charge in [-0.15, -0.1) is 0 Å². The first-order valence-corrected chi connectivity index (χ1v) is 5.63. The van der Waals surface area contributed by atoms with Gasteiger partial charge in [-0.25, -0.2) is 14.5 Å². The van der Waals surface area contributed by atoms with Crippen molar-refractivity contribution in [3.05, 3.63) is 36.4 Å². The second kappa shape index (κ2) is 5.83. The fourth-order valence-corrected chi connectivity index (χ4v) is 1.59. The summed E-state index contributed by atoms with van der Waals surface area (Å²) in [5.74, 6) is -1.07. The largest absolute Gasteiger partial charge is 0.495 e. The number of aromatic carboxylic acids is 1. The van der Waals surface area contributed by atoms with Gasteiger partial charge in [0, 0.05) is 0 Å². The average Bonchev–Trinajstić information content (AvgIpc) is 2.91. The van der Waals surface area contributed by atoms with E-state index >= 15 is 0 Å². The Hall–Kier alpha value is -2.90. The van der Waals surface area contributed by atoms with Crippen LogP contribution in [0, 0.1) is 0 Å². The Morgan fingerprint density at radius 3 is 2.85 bits per heavy atom. The minimum Gasteiger partial charge on any atom is -0.495 e. The van der Waals surface area contributed by atoms with Crippen LogP contribution in [0.2, 0.25) is 0 Å².